The minimum absolute atomic E-state index is 0.134. The fraction of sp³-hybridized carbons (Fsp3) is 0.412. The monoisotopic (exact) mass is 259 g/mol. The second-order valence-corrected chi connectivity index (χ2v) is 4.98. The van der Waals surface area contributed by atoms with Crippen LogP contribution >= 0.6 is 0 Å². The number of fused-ring (bicyclic) bond motifs is 1. The Labute approximate surface area is 114 Å². The molecular weight excluding hydrogens is 237 g/mol. The zero-order valence-electron chi connectivity index (χ0n) is 11.7. The van der Waals surface area contributed by atoms with Gasteiger partial charge in [-0.1, -0.05) is 50.6 Å². The first-order valence-electron chi connectivity index (χ1n) is 7.18. The molecule has 0 bridgehead atoms. The number of hydrogen-bond acceptors (Lipinski definition) is 1. The summed E-state index contributed by atoms with van der Waals surface area (Å²) in [4.78, 5) is 0. The topological polar surface area (TPSA) is 12.0 Å². The highest BCUT2D eigenvalue weighted by Crippen LogP contribution is 2.28. The highest BCUT2D eigenvalue weighted by Gasteiger charge is 2.14. The van der Waals surface area contributed by atoms with Crippen LogP contribution in [-0.2, 0) is 0 Å². The number of benzene rings is 2. The van der Waals surface area contributed by atoms with Gasteiger partial charge in [0.15, 0.2) is 0 Å². The third-order valence-electron chi connectivity index (χ3n) is 3.50. The summed E-state index contributed by atoms with van der Waals surface area (Å²) in [6, 6.07) is 11.6. The lowest BCUT2D eigenvalue weighted by molar-refractivity contribution is 0.496. The number of hydrogen-bond donors (Lipinski definition) is 1. The second kappa shape index (κ2) is 6.67. The normalized spacial score (nSPS) is 12.8. The Balaban J connectivity index is 2.44. The van der Waals surface area contributed by atoms with Crippen LogP contribution in [-0.4, -0.2) is 6.54 Å². The Hall–Kier alpha value is -1.41. The zero-order chi connectivity index (χ0) is 13.7. The maximum absolute atomic E-state index is 13.8. The quantitative estimate of drug-likeness (QED) is 0.784. The molecule has 0 aliphatic carbocycles. The van der Waals surface area contributed by atoms with Crippen molar-refractivity contribution in [1.82, 2.24) is 5.32 Å². The van der Waals surface area contributed by atoms with E-state index < -0.39 is 0 Å². The largest absolute Gasteiger partial charge is 0.310 e. The predicted octanol–water partition coefficient (Wildman–Crippen LogP) is 4.82. The molecule has 102 valence electrons. The lowest BCUT2D eigenvalue weighted by Crippen LogP contribution is -2.22. The van der Waals surface area contributed by atoms with Crippen molar-refractivity contribution in [2.75, 3.05) is 6.54 Å². The van der Waals surface area contributed by atoms with Crippen molar-refractivity contribution >= 4 is 10.8 Å². The summed E-state index contributed by atoms with van der Waals surface area (Å²) in [6.07, 6.45) is 3.31. The van der Waals surface area contributed by atoms with Crippen molar-refractivity contribution < 1.29 is 4.39 Å². The van der Waals surface area contributed by atoms with Crippen LogP contribution in [0.25, 0.3) is 10.8 Å². The van der Waals surface area contributed by atoms with Gasteiger partial charge in [-0.05, 0) is 36.4 Å². The van der Waals surface area contributed by atoms with Gasteiger partial charge in [0.1, 0.15) is 5.82 Å². The molecule has 1 unspecified atom stereocenters. The molecule has 0 heterocycles. The third kappa shape index (κ3) is 3.13. The van der Waals surface area contributed by atoms with E-state index in [2.05, 4.69) is 19.2 Å². The maximum Gasteiger partial charge on any atom is 0.131 e. The molecular formula is C17H22FN. The van der Waals surface area contributed by atoms with Crippen molar-refractivity contribution in [2.45, 2.75) is 39.2 Å². The van der Waals surface area contributed by atoms with E-state index in [9.17, 15) is 4.39 Å². The first-order chi connectivity index (χ1) is 9.27. The van der Waals surface area contributed by atoms with Crippen LogP contribution in [0.4, 0.5) is 4.39 Å². The minimum Gasteiger partial charge on any atom is -0.310 e. The van der Waals surface area contributed by atoms with E-state index in [1.807, 2.05) is 30.3 Å². The Morgan fingerprint density at radius 1 is 1.00 bits per heavy atom. The highest BCUT2D eigenvalue weighted by atomic mass is 19.1. The average Bonchev–Trinajstić information content (AvgIpc) is 2.45. The number of halogens is 1. The minimum atomic E-state index is -0.134. The summed E-state index contributed by atoms with van der Waals surface area (Å²) >= 11 is 0. The van der Waals surface area contributed by atoms with Crippen LogP contribution in [0.1, 0.15) is 44.7 Å². The molecule has 1 N–H and O–H groups in total. The van der Waals surface area contributed by atoms with Gasteiger partial charge in [-0.15, -0.1) is 0 Å². The molecule has 0 saturated carbocycles. The van der Waals surface area contributed by atoms with Gasteiger partial charge in [0.05, 0.1) is 0 Å². The SMILES string of the molecule is CCCNC(CCC)c1ccc(F)c2ccccc12. The van der Waals surface area contributed by atoms with E-state index in [0.29, 0.717) is 6.04 Å². The van der Waals surface area contributed by atoms with Gasteiger partial charge < -0.3 is 5.32 Å². The lowest BCUT2D eigenvalue weighted by Gasteiger charge is -2.20. The molecule has 1 nitrogen and oxygen atoms in total. The Morgan fingerprint density at radius 3 is 2.42 bits per heavy atom. The van der Waals surface area contributed by atoms with Crippen molar-refractivity contribution in [2.24, 2.45) is 0 Å². The fourth-order valence-corrected chi connectivity index (χ4v) is 2.56. The lowest BCUT2D eigenvalue weighted by atomic mass is 9.95. The van der Waals surface area contributed by atoms with Crippen molar-refractivity contribution in [3.05, 3.63) is 47.8 Å². The van der Waals surface area contributed by atoms with Crippen LogP contribution in [0, 0.1) is 5.82 Å². The van der Waals surface area contributed by atoms with E-state index in [4.69, 9.17) is 0 Å². The molecule has 0 radical (unpaired) electrons. The molecule has 0 fully saturated rings. The Kier molecular flexibility index (Phi) is 4.92. The Morgan fingerprint density at radius 2 is 1.74 bits per heavy atom. The summed E-state index contributed by atoms with van der Waals surface area (Å²) in [5.41, 5.74) is 1.22. The molecule has 0 amide bonds. The summed E-state index contributed by atoms with van der Waals surface area (Å²) in [6.45, 7) is 5.35. The van der Waals surface area contributed by atoms with Crippen LogP contribution < -0.4 is 5.32 Å². The van der Waals surface area contributed by atoms with Gasteiger partial charge in [-0.3, -0.25) is 0 Å². The molecule has 0 aromatic heterocycles. The predicted molar refractivity (Wildman–Crippen MR) is 79.8 cm³/mol. The number of nitrogens with one attached hydrogen (secondary N) is 1. The molecule has 19 heavy (non-hydrogen) atoms. The number of rotatable bonds is 6. The first kappa shape index (κ1) is 14.0. The molecule has 2 rings (SSSR count). The van der Waals surface area contributed by atoms with Crippen LogP contribution in [0.5, 0.6) is 0 Å². The smallest absolute Gasteiger partial charge is 0.131 e. The van der Waals surface area contributed by atoms with Crippen molar-refractivity contribution in [3.63, 3.8) is 0 Å². The van der Waals surface area contributed by atoms with Gasteiger partial charge in [0.2, 0.25) is 0 Å². The van der Waals surface area contributed by atoms with Crippen LogP contribution in [0.2, 0.25) is 0 Å². The molecule has 1 atom stereocenters. The van der Waals surface area contributed by atoms with Gasteiger partial charge in [-0.2, -0.15) is 0 Å². The molecule has 0 saturated heterocycles. The summed E-state index contributed by atoms with van der Waals surface area (Å²) in [5, 5.41) is 5.33. The molecule has 2 aromatic rings. The average molecular weight is 259 g/mol. The van der Waals surface area contributed by atoms with Crippen molar-refractivity contribution in [1.29, 1.82) is 0 Å². The summed E-state index contributed by atoms with van der Waals surface area (Å²) < 4.78 is 13.8. The molecule has 0 aliphatic heterocycles. The van der Waals surface area contributed by atoms with E-state index in [1.165, 1.54) is 5.56 Å². The van der Waals surface area contributed by atoms with E-state index >= 15 is 0 Å². The van der Waals surface area contributed by atoms with Crippen LogP contribution in [0.3, 0.4) is 0 Å². The molecule has 0 aliphatic rings. The van der Waals surface area contributed by atoms with Crippen LogP contribution in [0.15, 0.2) is 36.4 Å². The van der Waals surface area contributed by atoms with Gasteiger partial charge in [0.25, 0.3) is 0 Å². The standard InChI is InChI=1S/C17H22FN/c1-3-7-17(19-12-4-2)15-10-11-16(18)14-9-6-5-8-13(14)15/h5-6,8-11,17,19H,3-4,7,12H2,1-2H3. The van der Waals surface area contributed by atoms with E-state index in [1.54, 1.807) is 6.07 Å². The van der Waals surface area contributed by atoms with E-state index in [-0.39, 0.29) is 5.82 Å². The van der Waals surface area contributed by atoms with Gasteiger partial charge in [0, 0.05) is 11.4 Å². The van der Waals surface area contributed by atoms with E-state index in [0.717, 1.165) is 36.6 Å². The Bertz CT molecular complexity index is 536. The molecule has 2 heteroatoms. The van der Waals surface area contributed by atoms with Crippen molar-refractivity contribution in [3.8, 4) is 0 Å². The third-order valence-corrected chi connectivity index (χ3v) is 3.50. The van der Waals surface area contributed by atoms with Gasteiger partial charge >= 0.3 is 0 Å². The summed E-state index contributed by atoms with van der Waals surface area (Å²) in [7, 11) is 0. The first-order valence-corrected chi connectivity index (χ1v) is 7.18. The molecule has 2 aromatic carbocycles. The van der Waals surface area contributed by atoms with Gasteiger partial charge in [-0.25, -0.2) is 4.39 Å². The second-order valence-electron chi connectivity index (χ2n) is 4.98. The zero-order valence-corrected chi connectivity index (χ0v) is 11.7. The molecule has 0 spiro atoms. The fourth-order valence-electron chi connectivity index (χ4n) is 2.56. The maximum atomic E-state index is 13.8. The highest BCUT2D eigenvalue weighted by molar-refractivity contribution is 5.86. The summed E-state index contributed by atoms with van der Waals surface area (Å²) in [5.74, 6) is -0.134.